The fraction of sp³-hybridized carbons (Fsp3) is 0.550. The van der Waals surface area contributed by atoms with Crippen LogP contribution in [0, 0.1) is 0 Å². The Bertz CT molecular complexity index is 789. The molecule has 2 heterocycles. The Morgan fingerprint density at radius 2 is 1.96 bits per heavy atom. The number of carbonyl (C=O) groups is 1. The van der Waals surface area contributed by atoms with Gasteiger partial charge in [0.05, 0.1) is 5.41 Å². The van der Waals surface area contributed by atoms with Gasteiger partial charge in [0.1, 0.15) is 12.2 Å². The zero-order chi connectivity index (χ0) is 18.1. The van der Waals surface area contributed by atoms with E-state index in [0.29, 0.717) is 11.8 Å². The first-order valence-electron chi connectivity index (χ1n) is 9.49. The maximum Gasteiger partial charge on any atom is 0.233 e. The Morgan fingerprint density at radius 1 is 1.23 bits per heavy atom. The number of aryl methyl sites for hydroxylation is 1. The van der Waals surface area contributed by atoms with Gasteiger partial charge in [-0.25, -0.2) is 0 Å². The van der Waals surface area contributed by atoms with Gasteiger partial charge in [0, 0.05) is 30.5 Å². The lowest BCUT2D eigenvalue weighted by atomic mass is 9.77. The van der Waals surface area contributed by atoms with Gasteiger partial charge < -0.3 is 9.47 Å². The summed E-state index contributed by atoms with van der Waals surface area (Å²) in [6.07, 6.45) is 7.88. The van der Waals surface area contributed by atoms with Crippen molar-refractivity contribution in [2.45, 2.75) is 49.9 Å². The number of halogens is 1. The van der Waals surface area contributed by atoms with Crippen LogP contribution < -0.4 is 0 Å². The highest BCUT2D eigenvalue weighted by molar-refractivity contribution is 9.10. The number of amides is 1. The van der Waals surface area contributed by atoms with Crippen LogP contribution in [0.4, 0.5) is 0 Å². The van der Waals surface area contributed by atoms with Crippen molar-refractivity contribution in [2.24, 2.45) is 7.05 Å². The summed E-state index contributed by atoms with van der Waals surface area (Å²) < 4.78 is 3.05. The van der Waals surface area contributed by atoms with Crippen molar-refractivity contribution in [1.82, 2.24) is 19.7 Å². The van der Waals surface area contributed by atoms with Crippen molar-refractivity contribution in [3.8, 4) is 0 Å². The predicted octanol–water partition coefficient (Wildman–Crippen LogP) is 3.80. The molecule has 6 heteroatoms. The second-order valence-electron chi connectivity index (χ2n) is 7.67. The zero-order valence-corrected chi connectivity index (χ0v) is 16.8. The van der Waals surface area contributed by atoms with Crippen LogP contribution in [0.1, 0.15) is 55.8 Å². The second-order valence-corrected chi connectivity index (χ2v) is 8.58. The molecule has 1 amide bonds. The minimum absolute atomic E-state index is 0.324. The lowest BCUT2D eigenvalue weighted by Gasteiger charge is -2.38. The van der Waals surface area contributed by atoms with E-state index >= 15 is 0 Å². The summed E-state index contributed by atoms with van der Waals surface area (Å²) in [5, 5.41) is 8.26. The third-order valence-corrected chi connectivity index (χ3v) is 6.63. The van der Waals surface area contributed by atoms with E-state index in [1.54, 1.807) is 6.33 Å². The van der Waals surface area contributed by atoms with Gasteiger partial charge in [0.2, 0.25) is 5.91 Å². The van der Waals surface area contributed by atoms with Crippen molar-refractivity contribution in [2.75, 3.05) is 13.1 Å². The van der Waals surface area contributed by atoms with Gasteiger partial charge in [-0.2, -0.15) is 0 Å². The molecule has 1 saturated carbocycles. The molecule has 0 radical (unpaired) electrons. The van der Waals surface area contributed by atoms with E-state index in [2.05, 4.69) is 43.2 Å². The summed E-state index contributed by atoms with van der Waals surface area (Å²) in [4.78, 5) is 15.7. The first-order chi connectivity index (χ1) is 12.6. The molecule has 0 atom stereocenters. The smallest absolute Gasteiger partial charge is 0.233 e. The first kappa shape index (κ1) is 17.7. The molecule has 1 aromatic heterocycles. The number of hydrogen-bond donors (Lipinski definition) is 0. The van der Waals surface area contributed by atoms with E-state index in [1.165, 1.54) is 5.56 Å². The topological polar surface area (TPSA) is 51.0 Å². The Balaban J connectivity index is 1.52. The predicted molar refractivity (Wildman–Crippen MR) is 104 cm³/mol. The SMILES string of the molecule is Cn1cnnc1C1CCN(C(=O)C2(c3cccc(Br)c3)CCCC2)CC1. The standard InChI is InChI=1S/C20H25BrN4O/c1-24-14-22-23-18(24)15-7-11-25(12-8-15)19(26)20(9-2-3-10-20)16-5-4-6-17(21)13-16/h4-6,13-15H,2-3,7-12H2,1H3. The number of rotatable bonds is 3. The molecule has 2 aliphatic rings. The second kappa shape index (κ2) is 7.14. The van der Waals surface area contributed by atoms with E-state index in [9.17, 15) is 4.79 Å². The van der Waals surface area contributed by atoms with Gasteiger partial charge >= 0.3 is 0 Å². The Morgan fingerprint density at radius 3 is 2.58 bits per heavy atom. The number of piperidine rings is 1. The van der Waals surface area contributed by atoms with Crippen LogP contribution in [-0.4, -0.2) is 38.7 Å². The molecule has 138 valence electrons. The summed E-state index contributed by atoms with van der Waals surface area (Å²) >= 11 is 3.58. The number of aromatic nitrogens is 3. The lowest BCUT2D eigenvalue weighted by Crippen LogP contribution is -2.48. The number of nitrogens with zero attached hydrogens (tertiary/aromatic N) is 4. The molecule has 0 unspecified atom stereocenters. The van der Waals surface area contributed by atoms with Crippen molar-refractivity contribution >= 4 is 21.8 Å². The van der Waals surface area contributed by atoms with Gasteiger partial charge in [-0.15, -0.1) is 10.2 Å². The molecule has 4 rings (SSSR count). The van der Waals surface area contributed by atoms with Crippen LogP contribution in [0.2, 0.25) is 0 Å². The average Bonchev–Trinajstić information content (AvgIpc) is 3.31. The maximum absolute atomic E-state index is 13.6. The van der Waals surface area contributed by atoms with E-state index < -0.39 is 0 Å². The minimum Gasteiger partial charge on any atom is -0.342 e. The van der Waals surface area contributed by atoms with Crippen LogP contribution in [0.25, 0.3) is 0 Å². The molecule has 0 N–H and O–H groups in total. The quantitative estimate of drug-likeness (QED) is 0.764. The van der Waals surface area contributed by atoms with E-state index in [4.69, 9.17) is 0 Å². The summed E-state index contributed by atoms with van der Waals surface area (Å²) in [7, 11) is 1.99. The largest absolute Gasteiger partial charge is 0.342 e. The normalized spacial score (nSPS) is 20.5. The van der Waals surface area contributed by atoms with Crippen molar-refractivity contribution in [3.63, 3.8) is 0 Å². The third-order valence-electron chi connectivity index (χ3n) is 6.14. The van der Waals surface area contributed by atoms with E-state index in [-0.39, 0.29) is 5.41 Å². The highest BCUT2D eigenvalue weighted by Gasteiger charge is 2.45. The molecule has 2 aromatic rings. The molecule has 5 nitrogen and oxygen atoms in total. The van der Waals surface area contributed by atoms with Gasteiger partial charge in [-0.1, -0.05) is 40.9 Å². The van der Waals surface area contributed by atoms with Crippen LogP contribution >= 0.6 is 15.9 Å². The molecule has 2 fully saturated rings. The van der Waals surface area contributed by atoms with E-state index in [0.717, 1.165) is 61.9 Å². The summed E-state index contributed by atoms with van der Waals surface area (Å²) in [5.74, 6) is 1.76. The molecular formula is C20H25BrN4O. The average molecular weight is 417 g/mol. The van der Waals surface area contributed by atoms with Gasteiger partial charge in [-0.05, 0) is 43.4 Å². The summed E-state index contributed by atoms with van der Waals surface area (Å²) in [5.41, 5.74) is 0.839. The molecule has 1 aliphatic carbocycles. The van der Waals surface area contributed by atoms with Crippen LogP contribution in [0.3, 0.4) is 0 Å². The molecule has 1 aromatic carbocycles. The molecule has 1 aliphatic heterocycles. The minimum atomic E-state index is -0.332. The van der Waals surface area contributed by atoms with E-state index in [1.807, 2.05) is 23.7 Å². The fourth-order valence-corrected chi connectivity index (χ4v) is 5.10. The first-order valence-corrected chi connectivity index (χ1v) is 10.3. The Hall–Kier alpha value is -1.69. The summed E-state index contributed by atoms with van der Waals surface area (Å²) in [6, 6.07) is 8.34. The fourth-order valence-electron chi connectivity index (χ4n) is 4.70. The maximum atomic E-state index is 13.6. The van der Waals surface area contributed by atoms with Crippen molar-refractivity contribution in [3.05, 3.63) is 46.5 Å². The van der Waals surface area contributed by atoms with Crippen LogP contribution in [0.5, 0.6) is 0 Å². The summed E-state index contributed by atoms with van der Waals surface area (Å²) in [6.45, 7) is 1.62. The third kappa shape index (κ3) is 3.08. The number of likely N-dealkylation sites (tertiary alicyclic amines) is 1. The highest BCUT2D eigenvalue weighted by Crippen LogP contribution is 2.44. The number of hydrogen-bond acceptors (Lipinski definition) is 3. The van der Waals surface area contributed by atoms with Gasteiger partial charge in [0.15, 0.2) is 0 Å². The molecule has 0 bridgehead atoms. The highest BCUT2D eigenvalue weighted by atomic mass is 79.9. The van der Waals surface area contributed by atoms with Gasteiger partial charge in [0.25, 0.3) is 0 Å². The van der Waals surface area contributed by atoms with Crippen LogP contribution in [-0.2, 0) is 17.3 Å². The van der Waals surface area contributed by atoms with Crippen molar-refractivity contribution < 1.29 is 4.79 Å². The lowest BCUT2D eigenvalue weighted by molar-refractivity contribution is -0.138. The van der Waals surface area contributed by atoms with Gasteiger partial charge in [-0.3, -0.25) is 4.79 Å². The monoisotopic (exact) mass is 416 g/mol. The number of benzene rings is 1. The van der Waals surface area contributed by atoms with Crippen molar-refractivity contribution in [1.29, 1.82) is 0 Å². The van der Waals surface area contributed by atoms with Crippen LogP contribution in [0.15, 0.2) is 35.1 Å². The molecule has 26 heavy (non-hydrogen) atoms. The Kier molecular flexibility index (Phi) is 4.86. The zero-order valence-electron chi connectivity index (χ0n) is 15.2. The molecular weight excluding hydrogens is 392 g/mol. The molecule has 0 spiro atoms. The Labute approximate surface area is 162 Å². The molecule has 1 saturated heterocycles. The number of carbonyl (C=O) groups excluding carboxylic acids is 1.